The molecule has 2 rings (SSSR count). The molecule has 82 valence electrons. The topological polar surface area (TPSA) is 21.3 Å². The molecular formula is C8H14BF3NO-. The molecule has 0 bridgehead atoms. The summed E-state index contributed by atoms with van der Waals surface area (Å²) >= 11 is 0. The van der Waals surface area contributed by atoms with Crippen molar-refractivity contribution in [2.24, 2.45) is 5.41 Å². The predicted molar refractivity (Wildman–Crippen MR) is 48.2 cm³/mol. The molecule has 6 heteroatoms. The maximum atomic E-state index is 12.8. The van der Waals surface area contributed by atoms with E-state index < -0.39 is 18.2 Å². The lowest BCUT2D eigenvalue weighted by Crippen LogP contribution is -2.42. The molecule has 2 saturated heterocycles. The number of rotatable bonds is 1. The summed E-state index contributed by atoms with van der Waals surface area (Å²) in [6.45, 7) is -3.16. The summed E-state index contributed by atoms with van der Waals surface area (Å²) in [7, 11) is 0. The third-order valence-corrected chi connectivity index (χ3v) is 3.57. The minimum absolute atomic E-state index is 0.101. The van der Waals surface area contributed by atoms with Gasteiger partial charge in [0.15, 0.2) is 0 Å². The second-order valence-corrected chi connectivity index (χ2v) is 4.34. The van der Waals surface area contributed by atoms with Crippen LogP contribution in [0.5, 0.6) is 0 Å². The van der Waals surface area contributed by atoms with Gasteiger partial charge in [0.1, 0.15) is 0 Å². The Balaban J connectivity index is 2.16. The highest BCUT2D eigenvalue weighted by molar-refractivity contribution is 6.60. The Hall–Kier alpha value is -0.225. The largest absolute Gasteiger partial charge is 0.483 e. The third-order valence-electron chi connectivity index (χ3n) is 3.57. The van der Waals surface area contributed by atoms with Crippen LogP contribution in [-0.4, -0.2) is 33.3 Å². The molecule has 2 aliphatic rings. The first-order chi connectivity index (χ1) is 6.55. The van der Waals surface area contributed by atoms with E-state index in [0.717, 1.165) is 0 Å². The first-order valence-corrected chi connectivity index (χ1v) is 5.03. The Bertz CT molecular complexity index is 215. The third kappa shape index (κ3) is 1.65. The van der Waals surface area contributed by atoms with Crippen molar-refractivity contribution in [1.82, 2.24) is 5.32 Å². The van der Waals surface area contributed by atoms with Gasteiger partial charge in [0, 0.05) is 13.2 Å². The van der Waals surface area contributed by atoms with E-state index in [4.69, 9.17) is 4.74 Å². The fourth-order valence-electron chi connectivity index (χ4n) is 2.68. The minimum Gasteiger partial charge on any atom is -0.449 e. The summed E-state index contributed by atoms with van der Waals surface area (Å²) in [5.41, 5.74) is -0.559. The molecule has 2 heterocycles. The molecule has 2 fully saturated rings. The van der Waals surface area contributed by atoms with Gasteiger partial charge in [-0.2, -0.15) is 0 Å². The SMILES string of the molecule is F[B-](F)(F)C1CNCC12CCOCC2. The normalized spacial score (nSPS) is 32.4. The van der Waals surface area contributed by atoms with Crippen molar-refractivity contribution in [3.63, 3.8) is 0 Å². The van der Waals surface area contributed by atoms with E-state index in [1.165, 1.54) is 0 Å². The molecule has 0 aromatic rings. The highest BCUT2D eigenvalue weighted by atomic mass is 19.4. The van der Waals surface area contributed by atoms with Crippen molar-refractivity contribution in [2.75, 3.05) is 26.3 Å². The van der Waals surface area contributed by atoms with Crippen LogP contribution < -0.4 is 5.32 Å². The summed E-state index contributed by atoms with van der Waals surface area (Å²) in [6, 6.07) is 0. The first-order valence-electron chi connectivity index (χ1n) is 5.03. The van der Waals surface area contributed by atoms with Crippen molar-refractivity contribution in [2.45, 2.75) is 18.7 Å². The zero-order chi connectivity index (χ0) is 10.2. The summed E-state index contributed by atoms with van der Waals surface area (Å²) < 4.78 is 43.4. The number of hydrogen-bond acceptors (Lipinski definition) is 2. The van der Waals surface area contributed by atoms with Gasteiger partial charge in [0.25, 0.3) is 0 Å². The van der Waals surface area contributed by atoms with Crippen LogP contribution in [0, 0.1) is 5.41 Å². The minimum atomic E-state index is -4.71. The molecule has 1 N–H and O–H groups in total. The van der Waals surface area contributed by atoms with Crippen molar-refractivity contribution in [3.05, 3.63) is 0 Å². The average Bonchev–Trinajstić information content (AvgIpc) is 2.49. The quantitative estimate of drug-likeness (QED) is 0.661. The molecule has 2 aliphatic heterocycles. The maximum absolute atomic E-state index is 12.8. The van der Waals surface area contributed by atoms with E-state index in [0.29, 0.717) is 32.6 Å². The van der Waals surface area contributed by atoms with Crippen LogP contribution in [0.25, 0.3) is 0 Å². The van der Waals surface area contributed by atoms with Crippen LogP contribution in [0.15, 0.2) is 0 Å². The number of ether oxygens (including phenoxy) is 1. The Morgan fingerprint density at radius 1 is 1.21 bits per heavy atom. The van der Waals surface area contributed by atoms with Crippen LogP contribution in [0.4, 0.5) is 12.9 Å². The monoisotopic (exact) mass is 208 g/mol. The Labute approximate surface area is 81.2 Å². The van der Waals surface area contributed by atoms with Crippen molar-refractivity contribution < 1.29 is 17.7 Å². The maximum Gasteiger partial charge on any atom is 0.483 e. The fraction of sp³-hybridized carbons (Fsp3) is 1.00. The predicted octanol–water partition coefficient (Wildman–Crippen LogP) is 1.60. The fourth-order valence-corrected chi connectivity index (χ4v) is 2.68. The van der Waals surface area contributed by atoms with Crippen LogP contribution in [-0.2, 0) is 4.74 Å². The lowest BCUT2D eigenvalue weighted by molar-refractivity contribution is 0.0203. The Morgan fingerprint density at radius 3 is 2.43 bits per heavy atom. The average molecular weight is 208 g/mol. The molecule has 0 aliphatic carbocycles. The van der Waals surface area contributed by atoms with Crippen molar-refractivity contribution in [3.8, 4) is 0 Å². The van der Waals surface area contributed by atoms with Gasteiger partial charge in [0.2, 0.25) is 0 Å². The van der Waals surface area contributed by atoms with E-state index in [2.05, 4.69) is 5.32 Å². The molecule has 0 aromatic heterocycles. The lowest BCUT2D eigenvalue weighted by atomic mass is 9.56. The summed E-state index contributed by atoms with van der Waals surface area (Å²) in [4.78, 5) is 0. The van der Waals surface area contributed by atoms with Gasteiger partial charge >= 0.3 is 6.98 Å². The van der Waals surface area contributed by atoms with Crippen LogP contribution in [0.2, 0.25) is 5.82 Å². The van der Waals surface area contributed by atoms with E-state index in [-0.39, 0.29) is 6.54 Å². The summed E-state index contributed by atoms with van der Waals surface area (Å²) in [5.74, 6) is -1.12. The van der Waals surface area contributed by atoms with Crippen LogP contribution in [0.1, 0.15) is 12.8 Å². The van der Waals surface area contributed by atoms with E-state index in [9.17, 15) is 12.9 Å². The number of hydrogen-bond donors (Lipinski definition) is 1. The van der Waals surface area contributed by atoms with Gasteiger partial charge in [-0.1, -0.05) is 5.82 Å². The molecular weight excluding hydrogens is 194 g/mol. The molecule has 2 nitrogen and oxygen atoms in total. The second kappa shape index (κ2) is 3.41. The standard InChI is InChI=1S/C8H14BF3NO/c10-9(11,12)7-5-13-6-8(7)1-3-14-4-2-8/h7,13H,1-6H2/q-1. The Kier molecular flexibility index (Phi) is 2.51. The van der Waals surface area contributed by atoms with Crippen LogP contribution >= 0.6 is 0 Å². The highest BCUT2D eigenvalue weighted by Crippen LogP contribution is 2.50. The van der Waals surface area contributed by atoms with Gasteiger partial charge in [-0.15, -0.1) is 0 Å². The van der Waals surface area contributed by atoms with E-state index in [1.54, 1.807) is 0 Å². The van der Waals surface area contributed by atoms with E-state index >= 15 is 0 Å². The van der Waals surface area contributed by atoms with Crippen LogP contribution in [0.3, 0.4) is 0 Å². The molecule has 14 heavy (non-hydrogen) atoms. The van der Waals surface area contributed by atoms with Crippen molar-refractivity contribution in [1.29, 1.82) is 0 Å². The Morgan fingerprint density at radius 2 is 1.86 bits per heavy atom. The van der Waals surface area contributed by atoms with Gasteiger partial charge in [-0.25, -0.2) is 0 Å². The van der Waals surface area contributed by atoms with E-state index in [1.807, 2.05) is 0 Å². The second-order valence-electron chi connectivity index (χ2n) is 4.34. The smallest absolute Gasteiger partial charge is 0.449 e. The zero-order valence-corrected chi connectivity index (χ0v) is 7.94. The molecule has 1 unspecified atom stereocenters. The van der Waals surface area contributed by atoms with Gasteiger partial charge in [0.05, 0.1) is 0 Å². The van der Waals surface area contributed by atoms with Gasteiger partial charge in [-0.3, -0.25) is 0 Å². The lowest BCUT2D eigenvalue weighted by Gasteiger charge is -2.42. The highest BCUT2D eigenvalue weighted by Gasteiger charge is 2.52. The number of nitrogens with one attached hydrogen (secondary N) is 1. The number of halogens is 3. The first kappa shape index (κ1) is 10.3. The van der Waals surface area contributed by atoms with Gasteiger partial charge in [-0.05, 0) is 31.3 Å². The summed E-state index contributed by atoms with van der Waals surface area (Å²) in [6.07, 6.45) is 1.10. The zero-order valence-electron chi connectivity index (χ0n) is 7.94. The molecule has 0 amide bonds. The molecule has 1 atom stereocenters. The van der Waals surface area contributed by atoms with Gasteiger partial charge < -0.3 is 23.0 Å². The molecule has 1 spiro atoms. The molecule has 0 aromatic carbocycles. The van der Waals surface area contributed by atoms with Crippen molar-refractivity contribution >= 4 is 6.98 Å². The summed E-state index contributed by atoms with van der Waals surface area (Å²) in [5, 5.41) is 2.88. The molecule has 0 radical (unpaired) electrons. The molecule has 0 saturated carbocycles.